The third-order valence-electron chi connectivity index (χ3n) is 3.09. The van der Waals surface area contributed by atoms with Crippen molar-refractivity contribution in [3.05, 3.63) is 60.2 Å². The van der Waals surface area contributed by atoms with E-state index in [2.05, 4.69) is 20.5 Å². The molecule has 0 bridgehead atoms. The summed E-state index contributed by atoms with van der Waals surface area (Å²) >= 11 is 0. The Kier molecular flexibility index (Phi) is 4.28. The van der Waals surface area contributed by atoms with Crippen LogP contribution in [0.5, 0.6) is 5.75 Å². The number of nitrogens with zero attached hydrogens (tertiary/aromatic N) is 3. The van der Waals surface area contributed by atoms with Crippen molar-refractivity contribution in [2.75, 3.05) is 7.11 Å². The van der Waals surface area contributed by atoms with Crippen LogP contribution >= 0.6 is 0 Å². The fourth-order valence-electron chi connectivity index (χ4n) is 1.94. The lowest BCUT2D eigenvalue weighted by molar-refractivity contribution is 0.0916. The number of pyridine rings is 1. The van der Waals surface area contributed by atoms with E-state index >= 15 is 0 Å². The van der Waals surface area contributed by atoms with Crippen molar-refractivity contribution >= 4 is 5.91 Å². The highest BCUT2D eigenvalue weighted by atomic mass is 16.5. The van der Waals surface area contributed by atoms with Gasteiger partial charge in [-0.3, -0.25) is 9.78 Å². The molecule has 1 aromatic carbocycles. The van der Waals surface area contributed by atoms with E-state index < -0.39 is 5.91 Å². The van der Waals surface area contributed by atoms with E-state index in [1.165, 1.54) is 0 Å². The van der Waals surface area contributed by atoms with Gasteiger partial charge in [0.2, 0.25) is 5.89 Å². The summed E-state index contributed by atoms with van der Waals surface area (Å²) in [5.74, 6) is 0.379. The lowest BCUT2D eigenvalue weighted by atomic mass is 10.2. The lowest BCUT2D eigenvalue weighted by Crippen LogP contribution is -2.23. The second kappa shape index (κ2) is 6.69. The maximum atomic E-state index is 12.0. The van der Waals surface area contributed by atoms with E-state index in [0.29, 0.717) is 11.3 Å². The van der Waals surface area contributed by atoms with Crippen LogP contribution in [0.15, 0.2) is 53.1 Å². The SMILES string of the molecule is COc1cccc(-c2nnc(C(=O)NCc3ccccn3)o2)c1. The second-order valence-corrected chi connectivity index (χ2v) is 4.65. The van der Waals surface area contributed by atoms with Gasteiger partial charge in [-0.25, -0.2) is 0 Å². The van der Waals surface area contributed by atoms with Gasteiger partial charge in [-0.2, -0.15) is 0 Å². The maximum absolute atomic E-state index is 12.0. The number of nitrogens with one attached hydrogen (secondary N) is 1. The molecule has 7 nitrogen and oxygen atoms in total. The number of carbonyl (C=O) groups is 1. The second-order valence-electron chi connectivity index (χ2n) is 4.65. The summed E-state index contributed by atoms with van der Waals surface area (Å²) in [7, 11) is 1.57. The fraction of sp³-hybridized carbons (Fsp3) is 0.125. The Balaban J connectivity index is 1.69. The van der Waals surface area contributed by atoms with Gasteiger partial charge >= 0.3 is 11.8 Å². The van der Waals surface area contributed by atoms with Crippen molar-refractivity contribution < 1.29 is 13.9 Å². The van der Waals surface area contributed by atoms with Crippen LogP contribution in [0.25, 0.3) is 11.5 Å². The van der Waals surface area contributed by atoms with Gasteiger partial charge in [-0.05, 0) is 30.3 Å². The summed E-state index contributed by atoms with van der Waals surface area (Å²) in [5.41, 5.74) is 1.43. The highest BCUT2D eigenvalue weighted by Crippen LogP contribution is 2.22. The number of hydrogen-bond donors (Lipinski definition) is 1. The van der Waals surface area contributed by atoms with Crippen LogP contribution in [0.2, 0.25) is 0 Å². The highest BCUT2D eigenvalue weighted by Gasteiger charge is 2.16. The van der Waals surface area contributed by atoms with Crippen LogP contribution in [0.1, 0.15) is 16.4 Å². The predicted octanol–water partition coefficient (Wildman–Crippen LogP) is 2.07. The van der Waals surface area contributed by atoms with Crippen molar-refractivity contribution in [2.45, 2.75) is 6.54 Å². The number of carbonyl (C=O) groups excluding carboxylic acids is 1. The third kappa shape index (κ3) is 3.52. The van der Waals surface area contributed by atoms with Gasteiger partial charge in [0.1, 0.15) is 5.75 Å². The summed E-state index contributed by atoms with van der Waals surface area (Å²) < 4.78 is 10.6. The minimum absolute atomic E-state index is 0.0984. The number of rotatable bonds is 5. The summed E-state index contributed by atoms with van der Waals surface area (Å²) in [4.78, 5) is 16.1. The average molecular weight is 310 g/mol. The van der Waals surface area contributed by atoms with E-state index in [1.54, 1.807) is 37.6 Å². The van der Waals surface area contributed by atoms with Crippen LogP contribution in [-0.4, -0.2) is 28.2 Å². The van der Waals surface area contributed by atoms with Gasteiger partial charge in [0.25, 0.3) is 0 Å². The first kappa shape index (κ1) is 14.7. The van der Waals surface area contributed by atoms with Gasteiger partial charge < -0.3 is 14.5 Å². The topological polar surface area (TPSA) is 90.1 Å². The van der Waals surface area contributed by atoms with Gasteiger partial charge in [0.15, 0.2) is 0 Å². The summed E-state index contributed by atoms with van der Waals surface area (Å²) in [6.07, 6.45) is 1.66. The molecule has 0 fully saturated rings. The summed E-state index contributed by atoms with van der Waals surface area (Å²) in [5, 5.41) is 10.3. The first-order valence-corrected chi connectivity index (χ1v) is 6.92. The molecule has 0 aliphatic heterocycles. The normalized spacial score (nSPS) is 10.3. The minimum atomic E-state index is -0.447. The molecule has 0 unspecified atom stereocenters. The van der Waals surface area contributed by atoms with Crippen molar-refractivity contribution in [2.24, 2.45) is 0 Å². The first-order chi connectivity index (χ1) is 11.3. The van der Waals surface area contributed by atoms with Crippen molar-refractivity contribution in [3.8, 4) is 17.2 Å². The summed E-state index contributed by atoms with van der Waals surface area (Å²) in [6, 6.07) is 12.6. The molecular weight excluding hydrogens is 296 g/mol. The molecule has 1 amide bonds. The Hall–Kier alpha value is -3.22. The molecule has 3 rings (SSSR count). The van der Waals surface area contributed by atoms with Gasteiger partial charge in [-0.1, -0.05) is 12.1 Å². The van der Waals surface area contributed by atoms with Crippen LogP contribution < -0.4 is 10.1 Å². The Bertz CT molecular complexity index is 802. The minimum Gasteiger partial charge on any atom is -0.497 e. The number of aromatic nitrogens is 3. The van der Waals surface area contributed by atoms with Crippen LogP contribution in [0, 0.1) is 0 Å². The van der Waals surface area contributed by atoms with Crippen molar-refractivity contribution in [1.29, 1.82) is 0 Å². The zero-order valence-corrected chi connectivity index (χ0v) is 12.4. The van der Waals surface area contributed by atoms with Crippen LogP contribution in [-0.2, 0) is 6.54 Å². The fourth-order valence-corrected chi connectivity index (χ4v) is 1.94. The number of amides is 1. The number of benzene rings is 1. The molecule has 7 heteroatoms. The Morgan fingerprint density at radius 2 is 2.13 bits per heavy atom. The summed E-state index contributed by atoms with van der Waals surface area (Å²) in [6.45, 7) is 0.288. The zero-order chi connectivity index (χ0) is 16.1. The molecule has 116 valence electrons. The van der Waals surface area contributed by atoms with E-state index in [-0.39, 0.29) is 18.3 Å². The van der Waals surface area contributed by atoms with Gasteiger partial charge in [0.05, 0.1) is 19.3 Å². The number of methoxy groups -OCH3 is 1. The molecule has 0 saturated heterocycles. The highest BCUT2D eigenvalue weighted by molar-refractivity contribution is 5.89. The first-order valence-electron chi connectivity index (χ1n) is 6.92. The van der Waals surface area contributed by atoms with E-state index in [1.807, 2.05) is 18.2 Å². The molecule has 2 heterocycles. The molecule has 0 saturated carbocycles. The molecule has 2 aromatic heterocycles. The third-order valence-corrected chi connectivity index (χ3v) is 3.09. The average Bonchev–Trinajstić information content (AvgIpc) is 3.11. The molecule has 0 aliphatic rings. The Morgan fingerprint density at radius 1 is 1.22 bits per heavy atom. The molecule has 0 aliphatic carbocycles. The molecular formula is C16H14N4O3. The van der Waals surface area contributed by atoms with Crippen LogP contribution in [0.3, 0.4) is 0 Å². The monoisotopic (exact) mass is 310 g/mol. The Labute approximate surface area is 132 Å². The smallest absolute Gasteiger partial charge is 0.309 e. The predicted molar refractivity (Wildman–Crippen MR) is 81.7 cm³/mol. The largest absolute Gasteiger partial charge is 0.497 e. The Morgan fingerprint density at radius 3 is 2.91 bits per heavy atom. The van der Waals surface area contributed by atoms with Gasteiger partial charge in [0, 0.05) is 11.8 Å². The molecule has 23 heavy (non-hydrogen) atoms. The molecule has 0 spiro atoms. The molecule has 3 aromatic rings. The lowest BCUT2D eigenvalue weighted by Gasteiger charge is -2.01. The van der Waals surface area contributed by atoms with E-state index in [4.69, 9.17) is 9.15 Å². The molecule has 1 N–H and O–H groups in total. The number of hydrogen-bond acceptors (Lipinski definition) is 6. The molecule has 0 radical (unpaired) electrons. The van der Waals surface area contributed by atoms with Crippen molar-refractivity contribution in [3.63, 3.8) is 0 Å². The quantitative estimate of drug-likeness (QED) is 0.776. The van der Waals surface area contributed by atoms with Crippen LogP contribution in [0.4, 0.5) is 0 Å². The molecule has 0 atom stereocenters. The van der Waals surface area contributed by atoms with Crippen molar-refractivity contribution in [1.82, 2.24) is 20.5 Å². The standard InChI is InChI=1S/C16H14N4O3/c1-22-13-7-4-5-11(9-13)15-19-20-16(23-15)14(21)18-10-12-6-2-3-8-17-12/h2-9H,10H2,1H3,(H,18,21). The van der Waals surface area contributed by atoms with E-state index in [0.717, 1.165) is 5.69 Å². The number of ether oxygens (including phenoxy) is 1. The zero-order valence-electron chi connectivity index (χ0n) is 12.4. The van der Waals surface area contributed by atoms with E-state index in [9.17, 15) is 4.79 Å². The maximum Gasteiger partial charge on any atom is 0.309 e. The van der Waals surface area contributed by atoms with Gasteiger partial charge in [-0.15, -0.1) is 10.2 Å².